The number of amides is 1. The number of rotatable bonds is 7. The van der Waals surface area contributed by atoms with Crippen LogP contribution in [-0.2, 0) is 9.53 Å². The van der Waals surface area contributed by atoms with Gasteiger partial charge in [0.15, 0.2) is 5.82 Å². The molecule has 4 aliphatic rings. The van der Waals surface area contributed by atoms with Crippen LogP contribution in [0.1, 0.15) is 43.7 Å². The van der Waals surface area contributed by atoms with E-state index in [2.05, 4.69) is 45.1 Å². The molecule has 7 nitrogen and oxygen atoms in total. The van der Waals surface area contributed by atoms with Gasteiger partial charge in [-0.25, -0.2) is 4.98 Å². The van der Waals surface area contributed by atoms with Gasteiger partial charge in [0, 0.05) is 68.5 Å². The molecule has 4 fully saturated rings. The van der Waals surface area contributed by atoms with Crippen LogP contribution >= 0.6 is 0 Å². The second-order valence-corrected chi connectivity index (χ2v) is 11.5. The summed E-state index contributed by atoms with van der Waals surface area (Å²) in [6, 6.07) is 10.8. The van der Waals surface area contributed by atoms with Crippen molar-refractivity contribution in [2.24, 2.45) is 17.8 Å². The van der Waals surface area contributed by atoms with Crippen LogP contribution < -0.4 is 10.6 Å². The molecule has 0 radical (unpaired) electrons. The summed E-state index contributed by atoms with van der Waals surface area (Å²) in [6.07, 6.45) is 9.50. The Morgan fingerprint density at radius 3 is 2.78 bits per heavy atom. The maximum Gasteiger partial charge on any atom is 0.226 e. The topological polar surface area (TPSA) is 84.6 Å². The molecule has 2 aromatic heterocycles. The van der Waals surface area contributed by atoms with Crippen LogP contribution in [-0.4, -0.2) is 60.2 Å². The first-order chi connectivity index (χ1) is 18.1. The lowest BCUT2D eigenvalue weighted by molar-refractivity contribution is -0.136. The van der Waals surface area contributed by atoms with Crippen LogP contribution in [0.4, 0.5) is 11.5 Å². The number of ether oxygens (including phenoxy) is 1. The van der Waals surface area contributed by atoms with Crippen molar-refractivity contribution in [2.75, 3.05) is 44.0 Å². The number of nitrogens with two attached hydrogens (primary N) is 1. The highest BCUT2D eigenvalue weighted by Gasteiger charge is 2.49. The number of anilines is 2. The third-order valence-corrected chi connectivity index (χ3v) is 8.78. The molecule has 1 saturated heterocycles. The molecule has 1 amide bonds. The number of benzene rings is 1. The van der Waals surface area contributed by atoms with Crippen molar-refractivity contribution >= 4 is 28.2 Å². The van der Waals surface area contributed by atoms with Gasteiger partial charge in [-0.2, -0.15) is 0 Å². The Morgan fingerprint density at radius 2 is 2.00 bits per heavy atom. The second-order valence-electron chi connectivity index (χ2n) is 11.5. The molecule has 1 unspecified atom stereocenters. The summed E-state index contributed by atoms with van der Waals surface area (Å²) >= 11 is 0. The number of aromatic nitrogens is 2. The number of piperazine rings is 1. The first-order valence-electron chi connectivity index (χ1n) is 13.8. The number of nitrogen functional groups attached to an aromatic ring is 1. The minimum absolute atomic E-state index is 0.146. The first kappa shape index (κ1) is 23.0. The highest BCUT2D eigenvalue weighted by molar-refractivity contribution is 5.97. The van der Waals surface area contributed by atoms with E-state index in [1.807, 2.05) is 12.4 Å². The molecule has 3 saturated carbocycles. The number of fused-ring (bicyclic) bond motifs is 1. The zero-order valence-corrected chi connectivity index (χ0v) is 21.5. The molecule has 37 heavy (non-hydrogen) atoms. The number of carbonyl (C=O) groups is 1. The number of pyridine rings is 2. The lowest BCUT2D eigenvalue weighted by Crippen LogP contribution is -2.57. The van der Waals surface area contributed by atoms with Gasteiger partial charge in [-0.15, -0.1) is 0 Å². The summed E-state index contributed by atoms with van der Waals surface area (Å²) in [5.41, 5.74) is 11.0. The van der Waals surface area contributed by atoms with Crippen LogP contribution in [0.5, 0.6) is 0 Å². The second kappa shape index (κ2) is 8.98. The van der Waals surface area contributed by atoms with Gasteiger partial charge < -0.3 is 20.3 Å². The fourth-order valence-corrected chi connectivity index (χ4v) is 6.35. The number of hydrogen-bond acceptors (Lipinski definition) is 6. The summed E-state index contributed by atoms with van der Waals surface area (Å²) in [5.74, 6) is 2.85. The van der Waals surface area contributed by atoms with Gasteiger partial charge >= 0.3 is 0 Å². The van der Waals surface area contributed by atoms with Crippen LogP contribution in [0.2, 0.25) is 0 Å². The molecular weight excluding hydrogens is 462 g/mol. The molecule has 192 valence electrons. The van der Waals surface area contributed by atoms with E-state index in [1.165, 1.54) is 36.6 Å². The van der Waals surface area contributed by atoms with Crippen molar-refractivity contribution in [3.63, 3.8) is 0 Å². The standard InChI is InChI=1S/C30H35N5O2/c1-37-17-21-13-24(21)30(36)35-12-11-34(16-27(35)18-5-6-18)29-26(31)14-25(28(33-29)19-7-8-19)23-4-2-3-20-15-32-10-9-22(20)23/h2-4,9-10,14-15,18-19,21,24,27H,5-8,11-13,16-17,31H2,1H3/t21-,24?,27-/m0/s1. The summed E-state index contributed by atoms with van der Waals surface area (Å²) in [6.45, 7) is 3.03. The zero-order valence-electron chi connectivity index (χ0n) is 21.5. The molecular formula is C30H35N5O2. The SMILES string of the molecule is COC[C@@H]1CC1C(=O)N1CCN(c2nc(C3CC3)c(-c3cccc4cnccc34)cc2N)C[C@H]1C1CC1. The van der Waals surface area contributed by atoms with Gasteiger partial charge in [0.2, 0.25) is 5.91 Å². The molecule has 7 rings (SSSR count). The molecule has 0 bridgehead atoms. The Hall–Kier alpha value is -3.19. The summed E-state index contributed by atoms with van der Waals surface area (Å²) in [7, 11) is 1.72. The highest BCUT2D eigenvalue weighted by atomic mass is 16.5. The predicted octanol–water partition coefficient (Wildman–Crippen LogP) is 4.47. The third-order valence-electron chi connectivity index (χ3n) is 8.78. The van der Waals surface area contributed by atoms with Crippen LogP contribution in [0.3, 0.4) is 0 Å². The monoisotopic (exact) mass is 497 g/mol. The van der Waals surface area contributed by atoms with Crippen molar-refractivity contribution in [2.45, 2.75) is 44.1 Å². The summed E-state index contributed by atoms with van der Waals surface area (Å²) in [5, 5.41) is 2.31. The molecule has 3 aromatic rings. The quantitative estimate of drug-likeness (QED) is 0.519. The van der Waals surface area contributed by atoms with E-state index in [0.717, 1.165) is 54.2 Å². The fourth-order valence-electron chi connectivity index (χ4n) is 6.35. The Morgan fingerprint density at radius 1 is 1.14 bits per heavy atom. The maximum atomic E-state index is 13.4. The molecule has 3 heterocycles. The third kappa shape index (κ3) is 4.23. The van der Waals surface area contributed by atoms with E-state index in [-0.39, 0.29) is 12.0 Å². The molecule has 1 aromatic carbocycles. The predicted molar refractivity (Wildman–Crippen MR) is 145 cm³/mol. The molecule has 3 atom stereocenters. The van der Waals surface area contributed by atoms with Crippen LogP contribution in [0.15, 0.2) is 42.7 Å². The van der Waals surface area contributed by atoms with Crippen molar-refractivity contribution < 1.29 is 9.53 Å². The summed E-state index contributed by atoms with van der Waals surface area (Å²) in [4.78, 5) is 27.5. The lowest BCUT2D eigenvalue weighted by atomic mass is 9.96. The zero-order chi connectivity index (χ0) is 25.1. The normalized spacial score (nSPS) is 25.5. The Kier molecular flexibility index (Phi) is 5.57. The fraction of sp³-hybridized carbons (Fsp3) is 0.500. The van der Waals surface area contributed by atoms with E-state index in [9.17, 15) is 4.79 Å². The Balaban J connectivity index is 1.19. The van der Waals surface area contributed by atoms with E-state index in [1.54, 1.807) is 7.11 Å². The number of methoxy groups -OCH3 is 1. The minimum Gasteiger partial charge on any atom is -0.396 e. The van der Waals surface area contributed by atoms with Crippen molar-refractivity contribution in [1.82, 2.24) is 14.9 Å². The molecule has 3 aliphatic carbocycles. The first-order valence-corrected chi connectivity index (χ1v) is 13.8. The number of hydrogen-bond donors (Lipinski definition) is 1. The van der Waals surface area contributed by atoms with E-state index in [0.29, 0.717) is 30.3 Å². The Bertz CT molecular complexity index is 1350. The highest BCUT2D eigenvalue weighted by Crippen LogP contribution is 2.48. The molecule has 7 heteroatoms. The van der Waals surface area contributed by atoms with Gasteiger partial charge in [0.05, 0.1) is 17.4 Å². The van der Waals surface area contributed by atoms with Gasteiger partial charge in [-0.3, -0.25) is 9.78 Å². The summed E-state index contributed by atoms with van der Waals surface area (Å²) < 4.78 is 5.30. The van der Waals surface area contributed by atoms with Crippen molar-refractivity contribution in [3.05, 3.63) is 48.4 Å². The molecule has 1 aliphatic heterocycles. The van der Waals surface area contributed by atoms with E-state index >= 15 is 0 Å². The van der Waals surface area contributed by atoms with Gasteiger partial charge in [-0.05, 0) is 67.0 Å². The van der Waals surface area contributed by atoms with Crippen molar-refractivity contribution in [3.8, 4) is 11.1 Å². The van der Waals surface area contributed by atoms with Crippen LogP contribution in [0.25, 0.3) is 21.9 Å². The average molecular weight is 498 g/mol. The number of nitrogens with zero attached hydrogens (tertiary/aromatic N) is 4. The van der Waals surface area contributed by atoms with Crippen molar-refractivity contribution in [1.29, 1.82) is 0 Å². The van der Waals surface area contributed by atoms with E-state index < -0.39 is 0 Å². The largest absolute Gasteiger partial charge is 0.396 e. The van der Waals surface area contributed by atoms with Gasteiger partial charge in [0.25, 0.3) is 0 Å². The maximum absolute atomic E-state index is 13.4. The molecule has 2 N–H and O–H groups in total. The average Bonchev–Trinajstić information content (AvgIpc) is 3.77. The van der Waals surface area contributed by atoms with Gasteiger partial charge in [-0.1, -0.05) is 18.2 Å². The molecule has 0 spiro atoms. The Labute approximate surface area is 218 Å². The van der Waals surface area contributed by atoms with Gasteiger partial charge in [0.1, 0.15) is 0 Å². The minimum atomic E-state index is 0.146. The van der Waals surface area contributed by atoms with Crippen LogP contribution in [0, 0.1) is 17.8 Å². The van der Waals surface area contributed by atoms with E-state index in [4.69, 9.17) is 15.5 Å². The lowest BCUT2D eigenvalue weighted by Gasteiger charge is -2.43. The number of carbonyl (C=O) groups excluding carboxylic acids is 1. The smallest absolute Gasteiger partial charge is 0.226 e.